The SMILES string of the molecule is CCCCC(=N\N(C)C)/C(=C/N(C)C)C(C)=O. The van der Waals surface area contributed by atoms with Crippen LogP contribution in [0.3, 0.4) is 0 Å². The average Bonchev–Trinajstić information content (AvgIpc) is 2.19. The molecule has 4 nitrogen and oxygen atoms in total. The number of hydrogen-bond acceptors (Lipinski definition) is 4. The molecule has 4 heteroatoms. The Morgan fingerprint density at radius 1 is 1.24 bits per heavy atom. The average molecular weight is 239 g/mol. The summed E-state index contributed by atoms with van der Waals surface area (Å²) >= 11 is 0. The third kappa shape index (κ3) is 6.76. The van der Waals surface area contributed by atoms with Gasteiger partial charge in [-0.25, -0.2) is 0 Å². The van der Waals surface area contributed by atoms with Crippen molar-refractivity contribution in [2.24, 2.45) is 5.10 Å². The van der Waals surface area contributed by atoms with Crippen molar-refractivity contribution in [2.75, 3.05) is 28.2 Å². The second-order valence-corrected chi connectivity index (χ2v) is 4.56. The molecular formula is C13H25N3O. The highest BCUT2D eigenvalue weighted by Crippen LogP contribution is 2.09. The Labute approximate surface area is 105 Å². The van der Waals surface area contributed by atoms with E-state index < -0.39 is 0 Å². The van der Waals surface area contributed by atoms with Crippen molar-refractivity contribution >= 4 is 11.5 Å². The Bertz CT molecular complexity index is 304. The summed E-state index contributed by atoms with van der Waals surface area (Å²) in [6.45, 7) is 3.73. The fourth-order valence-electron chi connectivity index (χ4n) is 1.45. The van der Waals surface area contributed by atoms with E-state index in [4.69, 9.17) is 0 Å². The van der Waals surface area contributed by atoms with Crippen LogP contribution in [0.5, 0.6) is 0 Å². The summed E-state index contributed by atoms with van der Waals surface area (Å²) in [4.78, 5) is 13.6. The van der Waals surface area contributed by atoms with Crippen molar-refractivity contribution in [2.45, 2.75) is 33.1 Å². The van der Waals surface area contributed by atoms with E-state index in [1.165, 1.54) is 0 Å². The number of nitrogens with zero attached hydrogens (tertiary/aromatic N) is 3. The maximum Gasteiger partial charge on any atom is 0.163 e. The van der Waals surface area contributed by atoms with Crippen LogP contribution < -0.4 is 0 Å². The molecule has 0 spiro atoms. The van der Waals surface area contributed by atoms with Crippen molar-refractivity contribution in [1.29, 1.82) is 0 Å². The molecule has 0 unspecified atom stereocenters. The molecule has 0 bridgehead atoms. The molecule has 17 heavy (non-hydrogen) atoms. The molecule has 0 saturated heterocycles. The number of hydrogen-bond donors (Lipinski definition) is 0. The van der Waals surface area contributed by atoms with Gasteiger partial charge in [0.25, 0.3) is 0 Å². The van der Waals surface area contributed by atoms with E-state index in [0.717, 1.165) is 25.0 Å². The van der Waals surface area contributed by atoms with E-state index in [-0.39, 0.29) is 5.78 Å². The Balaban J connectivity index is 5.15. The van der Waals surface area contributed by atoms with Gasteiger partial charge in [0.15, 0.2) is 5.78 Å². The lowest BCUT2D eigenvalue weighted by Gasteiger charge is -2.14. The zero-order chi connectivity index (χ0) is 13.4. The lowest BCUT2D eigenvalue weighted by atomic mass is 10.0. The van der Waals surface area contributed by atoms with E-state index in [1.54, 1.807) is 11.9 Å². The highest BCUT2D eigenvalue weighted by atomic mass is 16.1. The quantitative estimate of drug-likeness (QED) is 0.388. The number of carbonyl (C=O) groups is 1. The van der Waals surface area contributed by atoms with Crippen LogP contribution in [0.15, 0.2) is 16.9 Å². The van der Waals surface area contributed by atoms with Crippen molar-refractivity contribution in [3.8, 4) is 0 Å². The summed E-state index contributed by atoms with van der Waals surface area (Å²) in [5.41, 5.74) is 1.58. The first-order valence-corrected chi connectivity index (χ1v) is 6.02. The van der Waals surface area contributed by atoms with E-state index in [2.05, 4.69) is 12.0 Å². The maximum absolute atomic E-state index is 11.7. The number of allylic oxidation sites excluding steroid dienone is 1. The first-order chi connectivity index (χ1) is 7.88. The molecule has 0 aromatic carbocycles. The highest BCUT2D eigenvalue weighted by molar-refractivity contribution is 6.21. The van der Waals surface area contributed by atoms with Crippen LogP contribution in [0.1, 0.15) is 33.1 Å². The van der Waals surface area contributed by atoms with Crippen LogP contribution >= 0.6 is 0 Å². The predicted molar refractivity (Wildman–Crippen MR) is 73.1 cm³/mol. The molecule has 0 atom stereocenters. The number of ketones is 1. The van der Waals surface area contributed by atoms with Crippen LogP contribution in [0.4, 0.5) is 0 Å². The van der Waals surface area contributed by atoms with Crippen molar-refractivity contribution in [3.05, 3.63) is 11.8 Å². The number of Topliss-reactive ketones (excluding diaryl/α,β-unsaturated/α-hetero) is 1. The third-order valence-corrected chi connectivity index (χ3v) is 2.17. The van der Waals surface area contributed by atoms with Gasteiger partial charge in [0, 0.05) is 34.4 Å². The summed E-state index contributed by atoms with van der Waals surface area (Å²) in [6, 6.07) is 0. The van der Waals surface area contributed by atoms with Gasteiger partial charge >= 0.3 is 0 Å². The van der Waals surface area contributed by atoms with Gasteiger partial charge in [-0.3, -0.25) is 4.79 Å². The smallest absolute Gasteiger partial charge is 0.163 e. The van der Waals surface area contributed by atoms with Gasteiger partial charge in [-0.2, -0.15) is 5.10 Å². The van der Waals surface area contributed by atoms with Gasteiger partial charge in [-0.05, 0) is 19.8 Å². The Hall–Kier alpha value is -1.32. The molecule has 0 heterocycles. The van der Waals surface area contributed by atoms with Crippen molar-refractivity contribution in [3.63, 3.8) is 0 Å². The van der Waals surface area contributed by atoms with Crippen LogP contribution in [0, 0.1) is 0 Å². The first-order valence-electron chi connectivity index (χ1n) is 6.02. The lowest BCUT2D eigenvalue weighted by molar-refractivity contribution is -0.113. The van der Waals surface area contributed by atoms with Crippen LogP contribution in [0.2, 0.25) is 0 Å². The normalized spacial score (nSPS) is 12.6. The molecular weight excluding hydrogens is 214 g/mol. The predicted octanol–water partition coefficient (Wildman–Crippen LogP) is 2.13. The minimum atomic E-state index is 0.0652. The van der Waals surface area contributed by atoms with Crippen molar-refractivity contribution < 1.29 is 4.79 Å². The minimum absolute atomic E-state index is 0.0652. The summed E-state index contributed by atoms with van der Waals surface area (Å²) < 4.78 is 0. The molecule has 0 aliphatic heterocycles. The van der Waals surface area contributed by atoms with Gasteiger partial charge in [0.1, 0.15) is 0 Å². The molecule has 0 aromatic rings. The molecule has 0 aliphatic carbocycles. The molecule has 0 saturated carbocycles. The summed E-state index contributed by atoms with van der Waals surface area (Å²) in [5, 5.41) is 6.17. The number of rotatable bonds is 7. The Morgan fingerprint density at radius 3 is 2.18 bits per heavy atom. The molecule has 0 aromatic heterocycles. The van der Waals surface area contributed by atoms with E-state index in [0.29, 0.717) is 5.57 Å². The van der Waals surface area contributed by atoms with E-state index >= 15 is 0 Å². The third-order valence-electron chi connectivity index (χ3n) is 2.17. The molecule has 0 N–H and O–H groups in total. The van der Waals surface area contributed by atoms with Gasteiger partial charge < -0.3 is 9.91 Å². The topological polar surface area (TPSA) is 35.9 Å². The van der Waals surface area contributed by atoms with Crippen LogP contribution in [0.25, 0.3) is 0 Å². The molecule has 0 rings (SSSR count). The van der Waals surface area contributed by atoms with Crippen LogP contribution in [-0.2, 0) is 4.79 Å². The summed E-state index contributed by atoms with van der Waals surface area (Å²) in [7, 11) is 7.57. The molecule has 0 fully saturated rings. The van der Waals surface area contributed by atoms with Crippen molar-refractivity contribution in [1.82, 2.24) is 9.91 Å². The van der Waals surface area contributed by atoms with Gasteiger partial charge in [0.2, 0.25) is 0 Å². The maximum atomic E-state index is 11.7. The van der Waals surface area contributed by atoms with E-state index in [9.17, 15) is 4.79 Å². The lowest BCUT2D eigenvalue weighted by Crippen LogP contribution is -2.18. The zero-order valence-corrected chi connectivity index (χ0v) is 11.9. The summed E-state index contributed by atoms with van der Waals surface area (Å²) in [6.07, 6.45) is 4.83. The van der Waals surface area contributed by atoms with Gasteiger partial charge in [-0.15, -0.1) is 0 Å². The van der Waals surface area contributed by atoms with Gasteiger partial charge in [-0.1, -0.05) is 13.3 Å². The first kappa shape index (κ1) is 15.7. The minimum Gasteiger partial charge on any atom is -0.383 e. The molecule has 0 aliphatic rings. The van der Waals surface area contributed by atoms with Crippen LogP contribution in [-0.4, -0.2) is 49.6 Å². The fourth-order valence-corrected chi connectivity index (χ4v) is 1.45. The van der Waals surface area contributed by atoms with E-state index in [1.807, 2.05) is 39.3 Å². The monoisotopic (exact) mass is 239 g/mol. The van der Waals surface area contributed by atoms with Gasteiger partial charge in [0.05, 0.1) is 11.3 Å². The Kier molecular flexibility index (Phi) is 7.26. The zero-order valence-electron chi connectivity index (χ0n) is 11.9. The number of unbranched alkanes of at least 4 members (excludes halogenated alkanes) is 1. The molecule has 98 valence electrons. The standard InChI is InChI=1S/C13H25N3O/c1-7-8-9-13(14-16(5)6)12(11(2)17)10-15(3)4/h10H,7-9H2,1-6H3/b12-10+,14-13+. The second-order valence-electron chi connectivity index (χ2n) is 4.56. The number of hydrazone groups is 1. The Morgan fingerprint density at radius 2 is 1.82 bits per heavy atom. The molecule has 0 radical (unpaired) electrons. The highest BCUT2D eigenvalue weighted by Gasteiger charge is 2.13. The second kappa shape index (κ2) is 7.87. The summed E-state index contributed by atoms with van der Waals surface area (Å²) in [5.74, 6) is 0.0652. The largest absolute Gasteiger partial charge is 0.383 e. The molecule has 0 amide bonds. The number of carbonyl (C=O) groups excluding carboxylic acids is 1. The fraction of sp³-hybridized carbons (Fsp3) is 0.692.